The van der Waals surface area contributed by atoms with Crippen molar-refractivity contribution in [3.05, 3.63) is 65.2 Å². The molecule has 0 amide bonds. The van der Waals surface area contributed by atoms with Gasteiger partial charge in [0.2, 0.25) is 0 Å². The fraction of sp³-hybridized carbons (Fsp3) is 0.364. The zero-order valence-electron chi connectivity index (χ0n) is 16.1. The van der Waals surface area contributed by atoms with Crippen LogP contribution in [0.2, 0.25) is 0 Å². The first kappa shape index (κ1) is 17.9. The number of nitrogens with zero attached hydrogens (tertiary/aromatic N) is 3. The Hall–Kier alpha value is -2.50. The Morgan fingerprint density at radius 2 is 1.78 bits per heavy atom. The number of benzene rings is 2. The monoisotopic (exact) mass is 363 g/mol. The molecule has 4 rings (SSSR count). The van der Waals surface area contributed by atoms with Crippen molar-refractivity contribution in [2.24, 2.45) is 0 Å². The minimum Gasteiger partial charge on any atom is -0.497 e. The maximum absolute atomic E-state index is 6.07. The molecule has 0 N–H and O–H groups in total. The van der Waals surface area contributed by atoms with E-state index in [0.29, 0.717) is 0 Å². The molecule has 140 valence electrons. The number of fused-ring (bicyclic) bond motifs is 1. The summed E-state index contributed by atoms with van der Waals surface area (Å²) >= 11 is 0. The van der Waals surface area contributed by atoms with Crippen LogP contribution in [0.25, 0.3) is 10.8 Å². The number of aromatic nitrogens is 2. The van der Waals surface area contributed by atoms with Crippen molar-refractivity contribution >= 4 is 10.8 Å². The fourth-order valence-electron chi connectivity index (χ4n) is 3.69. The molecule has 0 aliphatic carbocycles. The molecule has 0 bridgehead atoms. The van der Waals surface area contributed by atoms with Gasteiger partial charge >= 0.3 is 0 Å². The van der Waals surface area contributed by atoms with E-state index in [1.54, 1.807) is 7.11 Å². The van der Waals surface area contributed by atoms with Crippen LogP contribution in [-0.2, 0) is 11.3 Å². The molecule has 0 unspecified atom stereocenters. The molecule has 27 heavy (non-hydrogen) atoms. The van der Waals surface area contributed by atoms with Gasteiger partial charge in [-0.1, -0.05) is 18.2 Å². The van der Waals surface area contributed by atoms with Gasteiger partial charge in [0.1, 0.15) is 11.6 Å². The third kappa shape index (κ3) is 4.10. The van der Waals surface area contributed by atoms with Crippen molar-refractivity contribution in [2.45, 2.75) is 26.5 Å². The van der Waals surface area contributed by atoms with E-state index in [2.05, 4.69) is 45.2 Å². The molecule has 0 spiro atoms. The van der Waals surface area contributed by atoms with Gasteiger partial charge < -0.3 is 9.47 Å². The van der Waals surface area contributed by atoms with Gasteiger partial charge in [-0.15, -0.1) is 0 Å². The Morgan fingerprint density at radius 1 is 1.04 bits per heavy atom. The third-order valence-corrected chi connectivity index (χ3v) is 4.99. The Labute approximate surface area is 160 Å². The normalized spacial score (nSPS) is 18.0. The van der Waals surface area contributed by atoms with Gasteiger partial charge in [0.05, 0.1) is 26.4 Å². The molecular formula is C22H25N3O2. The SMILES string of the molecule is COc1ccc2cc([C@@H]3CN(Cc4nc(C)cc(C)n4)CCO3)ccc2c1. The molecule has 0 saturated carbocycles. The van der Waals surface area contributed by atoms with Crippen LogP contribution in [-0.4, -0.2) is 41.7 Å². The third-order valence-electron chi connectivity index (χ3n) is 4.99. The van der Waals surface area contributed by atoms with Gasteiger partial charge in [-0.2, -0.15) is 0 Å². The van der Waals surface area contributed by atoms with E-state index in [-0.39, 0.29) is 6.10 Å². The smallest absolute Gasteiger partial charge is 0.142 e. The van der Waals surface area contributed by atoms with Crippen LogP contribution < -0.4 is 4.74 Å². The molecule has 0 radical (unpaired) electrons. The number of hydrogen-bond donors (Lipinski definition) is 0. The summed E-state index contributed by atoms with van der Waals surface area (Å²) in [5.41, 5.74) is 3.25. The van der Waals surface area contributed by atoms with Crippen molar-refractivity contribution in [3.63, 3.8) is 0 Å². The maximum atomic E-state index is 6.07. The molecule has 1 saturated heterocycles. The zero-order chi connectivity index (χ0) is 18.8. The fourth-order valence-corrected chi connectivity index (χ4v) is 3.69. The summed E-state index contributed by atoms with van der Waals surface area (Å²) in [4.78, 5) is 11.5. The topological polar surface area (TPSA) is 47.5 Å². The quantitative estimate of drug-likeness (QED) is 0.705. The van der Waals surface area contributed by atoms with Crippen molar-refractivity contribution < 1.29 is 9.47 Å². The molecule has 3 aromatic rings. The van der Waals surface area contributed by atoms with Crippen LogP contribution in [0.1, 0.15) is 28.9 Å². The second-order valence-electron chi connectivity index (χ2n) is 7.13. The van der Waals surface area contributed by atoms with Gasteiger partial charge in [-0.25, -0.2) is 9.97 Å². The largest absolute Gasteiger partial charge is 0.497 e. The lowest BCUT2D eigenvalue weighted by Crippen LogP contribution is -2.38. The minimum absolute atomic E-state index is 0.0659. The van der Waals surface area contributed by atoms with Gasteiger partial charge in [-0.05, 0) is 54.4 Å². The van der Waals surface area contributed by atoms with Crippen molar-refractivity contribution in [1.82, 2.24) is 14.9 Å². The average molecular weight is 363 g/mol. The lowest BCUT2D eigenvalue weighted by Gasteiger charge is -2.32. The van der Waals surface area contributed by atoms with Crippen LogP contribution in [0.3, 0.4) is 0 Å². The molecule has 1 aromatic heterocycles. The first-order valence-corrected chi connectivity index (χ1v) is 9.33. The number of morpholine rings is 1. The highest BCUT2D eigenvalue weighted by molar-refractivity contribution is 5.84. The molecule has 1 fully saturated rings. The molecule has 1 atom stereocenters. The maximum Gasteiger partial charge on any atom is 0.142 e. The van der Waals surface area contributed by atoms with Crippen LogP contribution in [0, 0.1) is 13.8 Å². The number of methoxy groups -OCH3 is 1. The Balaban J connectivity index is 1.51. The highest BCUT2D eigenvalue weighted by atomic mass is 16.5. The van der Waals surface area contributed by atoms with Crippen molar-refractivity contribution in [2.75, 3.05) is 26.8 Å². The summed E-state index contributed by atoms with van der Waals surface area (Å²) in [6, 6.07) is 14.7. The number of aryl methyl sites for hydroxylation is 2. The van der Waals surface area contributed by atoms with Gasteiger partial charge in [0, 0.05) is 24.5 Å². The van der Waals surface area contributed by atoms with Crippen molar-refractivity contribution in [3.8, 4) is 5.75 Å². The molecule has 1 aliphatic rings. The summed E-state index contributed by atoms with van der Waals surface area (Å²) in [5.74, 6) is 1.77. The summed E-state index contributed by atoms with van der Waals surface area (Å²) < 4.78 is 11.4. The predicted molar refractivity (Wildman–Crippen MR) is 106 cm³/mol. The van der Waals surface area contributed by atoms with Crippen LogP contribution in [0.5, 0.6) is 5.75 Å². The molecule has 5 nitrogen and oxygen atoms in total. The molecule has 2 aromatic carbocycles. The second-order valence-corrected chi connectivity index (χ2v) is 7.13. The van der Waals surface area contributed by atoms with Gasteiger partial charge in [-0.3, -0.25) is 4.90 Å². The first-order chi connectivity index (χ1) is 13.1. The Bertz CT molecular complexity index is 937. The van der Waals surface area contributed by atoms with E-state index in [0.717, 1.165) is 49.2 Å². The second kappa shape index (κ2) is 7.62. The van der Waals surface area contributed by atoms with E-state index in [4.69, 9.17) is 9.47 Å². The van der Waals surface area contributed by atoms with E-state index >= 15 is 0 Å². The number of rotatable bonds is 4. The lowest BCUT2D eigenvalue weighted by atomic mass is 10.0. The summed E-state index contributed by atoms with van der Waals surface area (Å²) in [6.07, 6.45) is 0.0659. The van der Waals surface area contributed by atoms with Gasteiger partial charge in [0.25, 0.3) is 0 Å². The van der Waals surface area contributed by atoms with Crippen molar-refractivity contribution in [1.29, 1.82) is 0 Å². The lowest BCUT2D eigenvalue weighted by molar-refractivity contribution is -0.0336. The highest BCUT2D eigenvalue weighted by Gasteiger charge is 2.23. The first-order valence-electron chi connectivity index (χ1n) is 9.33. The Morgan fingerprint density at radius 3 is 2.56 bits per heavy atom. The van der Waals surface area contributed by atoms with Crippen LogP contribution >= 0.6 is 0 Å². The zero-order valence-corrected chi connectivity index (χ0v) is 16.1. The molecule has 1 aliphatic heterocycles. The Kier molecular flexibility index (Phi) is 5.05. The average Bonchev–Trinajstić information content (AvgIpc) is 2.66. The molecular weight excluding hydrogens is 338 g/mol. The van der Waals surface area contributed by atoms with Crippen LogP contribution in [0.15, 0.2) is 42.5 Å². The molecule has 5 heteroatoms. The van der Waals surface area contributed by atoms with Gasteiger partial charge in [0.15, 0.2) is 0 Å². The summed E-state index contributed by atoms with van der Waals surface area (Å²) in [6.45, 7) is 7.26. The van der Waals surface area contributed by atoms with E-state index < -0.39 is 0 Å². The standard InChI is InChI=1S/C22H25N3O2/c1-15-10-16(2)24-22(23-15)14-25-8-9-27-21(13-25)19-5-4-18-12-20(26-3)7-6-17(18)11-19/h4-7,10-12,21H,8-9,13-14H2,1-3H3/t21-/m0/s1. The van der Waals surface area contributed by atoms with E-state index in [1.807, 2.05) is 26.0 Å². The molecule has 2 heterocycles. The minimum atomic E-state index is 0.0659. The predicted octanol–water partition coefficient (Wildman–Crippen LogP) is 3.83. The van der Waals surface area contributed by atoms with E-state index in [1.165, 1.54) is 16.3 Å². The number of hydrogen-bond acceptors (Lipinski definition) is 5. The summed E-state index contributed by atoms with van der Waals surface area (Å²) in [7, 11) is 1.69. The van der Waals surface area contributed by atoms with E-state index in [9.17, 15) is 0 Å². The number of ether oxygens (including phenoxy) is 2. The van der Waals surface area contributed by atoms with Crippen LogP contribution in [0.4, 0.5) is 0 Å². The highest BCUT2D eigenvalue weighted by Crippen LogP contribution is 2.28. The summed E-state index contributed by atoms with van der Waals surface area (Å²) in [5, 5.41) is 2.38.